The van der Waals surface area contributed by atoms with Crippen molar-refractivity contribution in [3.05, 3.63) is 30.1 Å². The van der Waals surface area contributed by atoms with Gasteiger partial charge in [0.25, 0.3) is 0 Å². The predicted molar refractivity (Wildman–Crippen MR) is 79.4 cm³/mol. The standard InChI is InChI=1S/C16H23N3/c1-12(2)19-15-6-4-3-5-14(15)18-16(19)11-13-7-9-17-10-8-13/h3-6,12-13,17H,7-11H2,1-2H3. The lowest BCUT2D eigenvalue weighted by Crippen LogP contribution is -2.29. The Labute approximate surface area is 115 Å². The highest BCUT2D eigenvalue weighted by Gasteiger charge is 2.19. The van der Waals surface area contributed by atoms with E-state index in [0.29, 0.717) is 6.04 Å². The first-order valence-electron chi connectivity index (χ1n) is 7.42. The third kappa shape index (κ3) is 2.52. The molecule has 1 aromatic carbocycles. The molecule has 0 radical (unpaired) electrons. The third-order valence-electron chi connectivity index (χ3n) is 4.12. The van der Waals surface area contributed by atoms with Gasteiger partial charge in [-0.2, -0.15) is 0 Å². The van der Waals surface area contributed by atoms with Gasteiger partial charge in [0.05, 0.1) is 11.0 Å². The van der Waals surface area contributed by atoms with E-state index in [-0.39, 0.29) is 0 Å². The van der Waals surface area contributed by atoms with Gasteiger partial charge in [-0.1, -0.05) is 12.1 Å². The Bertz CT molecular complexity index is 550. The average Bonchev–Trinajstić information content (AvgIpc) is 2.77. The van der Waals surface area contributed by atoms with Crippen LogP contribution in [-0.4, -0.2) is 22.6 Å². The van der Waals surface area contributed by atoms with E-state index in [1.165, 1.54) is 24.2 Å². The zero-order chi connectivity index (χ0) is 13.2. The van der Waals surface area contributed by atoms with E-state index in [2.05, 4.69) is 48.0 Å². The number of imidazole rings is 1. The quantitative estimate of drug-likeness (QED) is 0.915. The lowest BCUT2D eigenvalue weighted by atomic mass is 9.94. The largest absolute Gasteiger partial charge is 0.325 e. The van der Waals surface area contributed by atoms with E-state index in [4.69, 9.17) is 4.98 Å². The topological polar surface area (TPSA) is 29.9 Å². The molecule has 0 atom stereocenters. The van der Waals surface area contributed by atoms with Crippen molar-refractivity contribution < 1.29 is 0 Å². The fourth-order valence-corrected chi connectivity index (χ4v) is 3.16. The van der Waals surface area contributed by atoms with Crippen LogP contribution >= 0.6 is 0 Å². The van der Waals surface area contributed by atoms with E-state index in [9.17, 15) is 0 Å². The third-order valence-corrected chi connectivity index (χ3v) is 4.12. The molecular formula is C16H23N3. The van der Waals surface area contributed by atoms with Crippen LogP contribution in [0.4, 0.5) is 0 Å². The van der Waals surface area contributed by atoms with Gasteiger partial charge in [-0.05, 0) is 57.8 Å². The second-order valence-electron chi connectivity index (χ2n) is 5.88. The summed E-state index contributed by atoms with van der Waals surface area (Å²) in [5.74, 6) is 2.05. The minimum absolute atomic E-state index is 0.476. The van der Waals surface area contributed by atoms with E-state index in [1.54, 1.807) is 0 Å². The first kappa shape index (κ1) is 12.7. The summed E-state index contributed by atoms with van der Waals surface area (Å²) in [6.45, 7) is 6.82. The number of rotatable bonds is 3. The van der Waals surface area contributed by atoms with Crippen LogP contribution in [0.15, 0.2) is 24.3 Å². The molecule has 1 aliphatic heterocycles. The summed E-state index contributed by atoms with van der Waals surface area (Å²) < 4.78 is 2.41. The van der Waals surface area contributed by atoms with Crippen molar-refractivity contribution in [1.29, 1.82) is 0 Å². The Balaban J connectivity index is 1.95. The van der Waals surface area contributed by atoms with Crippen molar-refractivity contribution in [2.45, 2.75) is 39.2 Å². The van der Waals surface area contributed by atoms with Gasteiger partial charge in [0.1, 0.15) is 5.82 Å². The highest BCUT2D eigenvalue weighted by Crippen LogP contribution is 2.25. The Morgan fingerprint density at radius 1 is 1.26 bits per heavy atom. The minimum Gasteiger partial charge on any atom is -0.325 e. The van der Waals surface area contributed by atoms with Crippen LogP contribution in [0, 0.1) is 5.92 Å². The minimum atomic E-state index is 0.476. The molecular weight excluding hydrogens is 234 g/mol. The van der Waals surface area contributed by atoms with Crippen LogP contribution in [0.1, 0.15) is 38.6 Å². The Morgan fingerprint density at radius 2 is 2.00 bits per heavy atom. The fourth-order valence-electron chi connectivity index (χ4n) is 3.16. The number of nitrogens with zero attached hydrogens (tertiary/aromatic N) is 2. The monoisotopic (exact) mass is 257 g/mol. The number of para-hydroxylation sites is 2. The van der Waals surface area contributed by atoms with E-state index in [0.717, 1.165) is 30.9 Å². The van der Waals surface area contributed by atoms with Crippen LogP contribution in [0.5, 0.6) is 0 Å². The molecule has 2 heterocycles. The second kappa shape index (κ2) is 5.33. The number of fused-ring (bicyclic) bond motifs is 1. The van der Waals surface area contributed by atoms with Gasteiger partial charge in [-0.25, -0.2) is 4.98 Å². The van der Waals surface area contributed by atoms with Gasteiger partial charge in [0.2, 0.25) is 0 Å². The van der Waals surface area contributed by atoms with Crippen molar-refractivity contribution in [3.63, 3.8) is 0 Å². The summed E-state index contributed by atoms with van der Waals surface area (Å²) in [7, 11) is 0. The second-order valence-corrected chi connectivity index (χ2v) is 5.88. The molecule has 0 amide bonds. The molecule has 3 nitrogen and oxygen atoms in total. The molecule has 0 aliphatic carbocycles. The number of aromatic nitrogens is 2. The smallest absolute Gasteiger partial charge is 0.110 e. The molecule has 1 fully saturated rings. The van der Waals surface area contributed by atoms with Gasteiger partial charge in [0.15, 0.2) is 0 Å². The zero-order valence-corrected chi connectivity index (χ0v) is 11.9. The van der Waals surface area contributed by atoms with Crippen LogP contribution in [0.25, 0.3) is 11.0 Å². The number of benzene rings is 1. The molecule has 3 rings (SSSR count). The molecule has 1 aliphatic rings. The first-order chi connectivity index (χ1) is 9.25. The molecule has 1 N–H and O–H groups in total. The summed E-state index contributed by atoms with van der Waals surface area (Å²) in [6, 6.07) is 8.98. The number of nitrogens with one attached hydrogen (secondary N) is 1. The van der Waals surface area contributed by atoms with Crippen molar-refractivity contribution in [2.24, 2.45) is 5.92 Å². The molecule has 0 saturated carbocycles. The first-order valence-corrected chi connectivity index (χ1v) is 7.42. The van der Waals surface area contributed by atoms with Crippen molar-refractivity contribution in [2.75, 3.05) is 13.1 Å². The lowest BCUT2D eigenvalue weighted by molar-refractivity contribution is 0.361. The molecule has 0 spiro atoms. The number of piperidine rings is 1. The summed E-state index contributed by atoms with van der Waals surface area (Å²) in [5.41, 5.74) is 2.42. The summed E-state index contributed by atoms with van der Waals surface area (Å²) >= 11 is 0. The lowest BCUT2D eigenvalue weighted by Gasteiger charge is -2.23. The van der Waals surface area contributed by atoms with E-state index < -0.39 is 0 Å². The Morgan fingerprint density at radius 3 is 2.74 bits per heavy atom. The maximum absolute atomic E-state index is 4.87. The summed E-state index contributed by atoms with van der Waals surface area (Å²) in [4.78, 5) is 4.87. The maximum atomic E-state index is 4.87. The number of hydrogen-bond donors (Lipinski definition) is 1. The van der Waals surface area contributed by atoms with Gasteiger partial charge in [0, 0.05) is 12.5 Å². The molecule has 2 aromatic rings. The van der Waals surface area contributed by atoms with Crippen molar-refractivity contribution in [1.82, 2.24) is 14.9 Å². The van der Waals surface area contributed by atoms with Crippen LogP contribution < -0.4 is 5.32 Å². The molecule has 0 bridgehead atoms. The molecule has 3 heteroatoms. The van der Waals surface area contributed by atoms with Gasteiger partial charge in [-0.15, -0.1) is 0 Å². The molecule has 102 valence electrons. The highest BCUT2D eigenvalue weighted by atomic mass is 15.1. The SMILES string of the molecule is CC(C)n1c(CC2CCNCC2)nc2ccccc21. The van der Waals surface area contributed by atoms with Crippen molar-refractivity contribution in [3.8, 4) is 0 Å². The van der Waals surface area contributed by atoms with Crippen LogP contribution in [-0.2, 0) is 6.42 Å². The van der Waals surface area contributed by atoms with E-state index in [1.807, 2.05) is 0 Å². The van der Waals surface area contributed by atoms with Gasteiger partial charge in [-0.3, -0.25) is 0 Å². The fraction of sp³-hybridized carbons (Fsp3) is 0.562. The number of hydrogen-bond acceptors (Lipinski definition) is 2. The van der Waals surface area contributed by atoms with Crippen LogP contribution in [0.3, 0.4) is 0 Å². The Kier molecular flexibility index (Phi) is 3.56. The summed E-state index contributed by atoms with van der Waals surface area (Å²) in [6.07, 6.45) is 3.68. The maximum Gasteiger partial charge on any atom is 0.110 e. The molecule has 1 aromatic heterocycles. The highest BCUT2D eigenvalue weighted by molar-refractivity contribution is 5.76. The average molecular weight is 257 g/mol. The van der Waals surface area contributed by atoms with Crippen molar-refractivity contribution >= 4 is 11.0 Å². The van der Waals surface area contributed by atoms with E-state index >= 15 is 0 Å². The normalized spacial score (nSPS) is 17.4. The molecule has 19 heavy (non-hydrogen) atoms. The van der Waals surface area contributed by atoms with Crippen LogP contribution in [0.2, 0.25) is 0 Å². The zero-order valence-electron chi connectivity index (χ0n) is 11.9. The Hall–Kier alpha value is -1.35. The predicted octanol–water partition coefficient (Wildman–Crippen LogP) is 3.16. The molecule has 1 saturated heterocycles. The van der Waals surface area contributed by atoms with Gasteiger partial charge >= 0.3 is 0 Å². The molecule has 0 unspecified atom stereocenters. The summed E-state index contributed by atoms with van der Waals surface area (Å²) in [5, 5.41) is 3.44. The van der Waals surface area contributed by atoms with Gasteiger partial charge < -0.3 is 9.88 Å².